The van der Waals surface area contributed by atoms with E-state index in [2.05, 4.69) is 21.0 Å². The highest BCUT2D eigenvalue weighted by Crippen LogP contribution is 2.49. The number of fused-ring (bicyclic) bond motifs is 3. The van der Waals surface area contributed by atoms with Crippen molar-refractivity contribution < 1.29 is 19.1 Å². The van der Waals surface area contributed by atoms with Crippen LogP contribution in [0.4, 0.5) is 16.2 Å². The molecular formula is C27H29N7O4. The lowest BCUT2D eigenvalue weighted by Gasteiger charge is -2.32. The van der Waals surface area contributed by atoms with Crippen molar-refractivity contribution in [3.8, 4) is 0 Å². The standard InChI is InChI=1S/C27H29N7O4/c28-18-6-4-17(5-7-18)26(36)33-10-8-16(9-11-33)23-22-24(31-30-23)19-2-1-3-20(21(19)25(22)35)29-27(37)32-34-12-14-38-15-13-34/h1-7,16,24H,8-15,28H2,(H2,29,32,37). The normalized spacial score (nSPS) is 21.4. The average molecular weight is 516 g/mol. The molecule has 4 N–H and O–H groups in total. The number of benzene rings is 2. The molecule has 2 fully saturated rings. The van der Waals surface area contributed by atoms with Gasteiger partial charge in [0.1, 0.15) is 6.04 Å². The monoisotopic (exact) mass is 515 g/mol. The molecule has 6 rings (SSSR count). The van der Waals surface area contributed by atoms with Crippen molar-refractivity contribution in [3.63, 3.8) is 0 Å². The summed E-state index contributed by atoms with van der Waals surface area (Å²) in [5.41, 5.74) is 12.8. The topological polar surface area (TPSA) is 142 Å². The fourth-order valence-corrected chi connectivity index (χ4v) is 5.55. The summed E-state index contributed by atoms with van der Waals surface area (Å²) in [6, 6.07) is 11.5. The minimum atomic E-state index is -0.453. The van der Waals surface area contributed by atoms with Gasteiger partial charge in [0, 0.05) is 43.3 Å². The van der Waals surface area contributed by atoms with Gasteiger partial charge in [-0.3, -0.25) is 15.0 Å². The van der Waals surface area contributed by atoms with Crippen LogP contribution in [0.1, 0.15) is 45.2 Å². The van der Waals surface area contributed by atoms with Crippen LogP contribution >= 0.6 is 0 Å². The summed E-state index contributed by atoms with van der Waals surface area (Å²) in [5.74, 6) is -0.136. The van der Waals surface area contributed by atoms with Crippen LogP contribution < -0.4 is 16.5 Å². The number of ketones is 1. The molecule has 0 aromatic heterocycles. The van der Waals surface area contributed by atoms with E-state index in [0.29, 0.717) is 86.0 Å². The maximum atomic E-state index is 13.7. The third-order valence-electron chi connectivity index (χ3n) is 7.54. The first-order valence-electron chi connectivity index (χ1n) is 12.9. The molecule has 0 spiro atoms. The highest BCUT2D eigenvalue weighted by atomic mass is 16.5. The smallest absolute Gasteiger partial charge is 0.333 e. The molecule has 11 nitrogen and oxygen atoms in total. The minimum Gasteiger partial charge on any atom is -0.399 e. The number of nitrogens with one attached hydrogen (secondary N) is 2. The van der Waals surface area contributed by atoms with Crippen LogP contribution in [0.3, 0.4) is 0 Å². The summed E-state index contributed by atoms with van der Waals surface area (Å²) in [5, 5.41) is 13.5. The van der Waals surface area contributed by atoms with E-state index < -0.39 is 12.1 Å². The van der Waals surface area contributed by atoms with Gasteiger partial charge in [-0.15, -0.1) is 0 Å². The second-order valence-corrected chi connectivity index (χ2v) is 9.87. The van der Waals surface area contributed by atoms with Crippen LogP contribution in [-0.4, -0.2) is 67.0 Å². The van der Waals surface area contributed by atoms with Crippen LogP contribution in [0.25, 0.3) is 0 Å². The van der Waals surface area contributed by atoms with Crippen LogP contribution in [0.2, 0.25) is 0 Å². The lowest BCUT2D eigenvalue weighted by molar-refractivity contribution is 0.0207. The molecule has 2 saturated heterocycles. The first-order valence-corrected chi connectivity index (χ1v) is 12.9. The molecule has 3 amide bonds. The summed E-state index contributed by atoms with van der Waals surface area (Å²) in [6.07, 6.45) is 1.39. The average Bonchev–Trinajstić information content (AvgIpc) is 3.49. The van der Waals surface area contributed by atoms with Gasteiger partial charge in [-0.05, 0) is 48.7 Å². The Morgan fingerprint density at radius 1 is 1.00 bits per heavy atom. The fraction of sp³-hybridized carbons (Fsp3) is 0.370. The number of piperidine rings is 1. The van der Waals surface area contributed by atoms with Crippen LogP contribution in [0.5, 0.6) is 0 Å². The Balaban J connectivity index is 1.16. The summed E-state index contributed by atoms with van der Waals surface area (Å²) < 4.78 is 5.31. The fourth-order valence-electron chi connectivity index (χ4n) is 5.55. The number of nitrogens with two attached hydrogens (primary N) is 1. The van der Waals surface area contributed by atoms with Crippen molar-refractivity contribution in [2.24, 2.45) is 16.1 Å². The van der Waals surface area contributed by atoms with E-state index in [4.69, 9.17) is 10.5 Å². The molecule has 0 saturated carbocycles. The lowest BCUT2D eigenvalue weighted by atomic mass is 9.89. The number of morpholine rings is 1. The molecule has 3 aliphatic heterocycles. The predicted molar refractivity (Wildman–Crippen MR) is 139 cm³/mol. The predicted octanol–water partition coefficient (Wildman–Crippen LogP) is 3.15. The Morgan fingerprint density at radius 3 is 2.47 bits per heavy atom. The molecule has 0 radical (unpaired) electrons. The molecule has 3 heterocycles. The molecule has 4 aliphatic rings. The number of hydrogen-bond donors (Lipinski definition) is 3. The third-order valence-corrected chi connectivity index (χ3v) is 7.54. The van der Waals surface area contributed by atoms with Gasteiger partial charge < -0.3 is 20.7 Å². The molecule has 2 aromatic rings. The Kier molecular flexibility index (Phi) is 6.38. The summed E-state index contributed by atoms with van der Waals surface area (Å²) in [7, 11) is 0. The maximum absolute atomic E-state index is 13.7. The number of anilines is 2. The molecule has 1 atom stereocenters. The van der Waals surface area contributed by atoms with Gasteiger partial charge in [-0.2, -0.15) is 10.2 Å². The van der Waals surface area contributed by atoms with Crippen LogP contribution in [0, 0.1) is 5.92 Å². The van der Waals surface area contributed by atoms with Crippen LogP contribution in [-0.2, 0) is 4.74 Å². The Labute approximate surface area is 219 Å². The molecule has 1 aliphatic carbocycles. The highest BCUT2D eigenvalue weighted by molar-refractivity contribution is 6.19. The Hall–Kier alpha value is -4.09. The minimum absolute atomic E-state index is 0.0255. The molecule has 1 unspecified atom stereocenters. The van der Waals surface area contributed by atoms with E-state index in [1.54, 1.807) is 35.3 Å². The number of hydrazine groups is 1. The molecule has 11 heteroatoms. The highest BCUT2D eigenvalue weighted by Gasteiger charge is 2.44. The molecule has 2 aromatic carbocycles. The Bertz CT molecular complexity index is 1340. The summed E-state index contributed by atoms with van der Waals surface area (Å²) >= 11 is 0. The number of hydrogen-bond acceptors (Lipinski definition) is 8. The van der Waals surface area contributed by atoms with Crippen molar-refractivity contribution in [1.82, 2.24) is 15.3 Å². The van der Waals surface area contributed by atoms with Crippen molar-refractivity contribution in [1.29, 1.82) is 0 Å². The van der Waals surface area contributed by atoms with Crippen molar-refractivity contribution in [3.05, 3.63) is 70.4 Å². The zero-order valence-electron chi connectivity index (χ0n) is 20.9. The number of nitrogen functional groups attached to an aromatic ring is 1. The first-order chi connectivity index (χ1) is 18.5. The van der Waals surface area contributed by atoms with Gasteiger partial charge in [-0.1, -0.05) is 12.1 Å². The second-order valence-electron chi connectivity index (χ2n) is 9.87. The van der Waals surface area contributed by atoms with E-state index >= 15 is 0 Å². The van der Waals surface area contributed by atoms with Gasteiger partial charge in [0.15, 0.2) is 5.78 Å². The van der Waals surface area contributed by atoms with Crippen molar-refractivity contribution in [2.45, 2.75) is 18.9 Å². The maximum Gasteiger partial charge on any atom is 0.333 e. The number of Topliss-reactive ketones (excluding diaryl/α,β-unsaturated/α-hetero) is 1. The van der Waals surface area contributed by atoms with E-state index in [9.17, 15) is 14.4 Å². The number of amides is 3. The number of carbonyl (C=O) groups is 3. The van der Waals surface area contributed by atoms with Gasteiger partial charge in [0.05, 0.1) is 35.7 Å². The van der Waals surface area contributed by atoms with E-state index in [1.165, 1.54) is 0 Å². The zero-order valence-corrected chi connectivity index (χ0v) is 20.9. The molecule has 0 bridgehead atoms. The quantitative estimate of drug-likeness (QED) is 0.534. The molecule has 38 heavy (non-hydrogen) atoms. The van der Waals surface area contributed by atoms with Gasteiger partial charge in [0.2, 0.25) is 0 Å². The lowest BCUT2D eigenvalue weighted by Crippen LogP contribution is -2.49. The number of rotatable bonds is 4. The zero-order chi connectivity index (χ0) is 26.2. The van der Waals surface area contributed by atoms with E-state index in [0.717, 1.165) is 5.56 Å². The molecule has 196 valence electrons. The number of ether oxygens (including phenoxy) is 1. The number of nitrogens with zero attached hydrogens (tertiary/aromatic N) is 4. The number of allylic oxidation sites excluding steroid dienone is 1. The summed E-state index contributed by atoms with van der Waals surface area (Å²) in [6.45, 7) is 3.45. The number of urea groups is 1. The number of carbonyl (C=O) groups excluding carboxylic acids is 3. The van der Waals surface area contributed by atoms with Gasteiger partial charge in [0.25, 0.3) is 5.91 Å². The Morgan fingerprint density at radius 2 is 1.74 bits per heavy atom. The van der Waals surface area contributed by atoms with Gasteiger partial charge >= 0.3 is 6.03 Å². The first kappa shape index (κ1) is 24.3. The number of azo groups is 1. The summed E-state index contributed by atoms with van der Waals surface area (Å²) in [4.78, 5) is 41.0. The third kappa shape index (κ3) is 4.44. The molecular weight excluding hydrogens is 486 g/mol. The van der Waals surface area contributed by atoms with E-state index in [1.807, 2.05) is 17.0 Å². The van der Waals surface area contributed by atoms with Gasteiger partial charge in [-0.25, -0.2) is 9.80 Å². The number of likely N-dealkylation sites (tertiary alicyclic amines) is 1. The second kappa shape index (κ2) is 9.99. The SMILES string of the molecule is Nc1ccc(C(=O)N2CCC(C3=C4C(=O)c5c(NC(=O)NN6CCOCC6)cccc5C4N=N3)CC2)cc1. The largest absolute Gasteiger partial charge is 0.399 e. The van der Waals surface area contributed by atoms with E-state index in [-0.39, 0.29) is 17.6 Å². The van der Waals surface area contributed by atoms with Crippen LogP contribution in [0.15, 0.2) is 64.0 Å². The van der Waals surface area contributed by atoms with Crippen molar-refractivity contribution in [2.75, 3.05) is 50.4 Å². The van der Waals surface area contributed by atoms with Crippen molar-refractivity contribution >= 4 is 29.1 Å².